The second-order valence-corrected chi connectivity index (χ2v) is 6.47. The monoisotopic (exact) mass is 401 g/mol. The van der Waals surface area contributed by atoms with Crippen molar-refractivity contribution < 1.29 is 23.5 Å². The lowest BCUT2D eigenvalue weighted by Gasteiger charge is -2.16. The van der Waals surface area contributed by atoms with Gasteiger partial charge >= 0.3 is 5.97 Å². The molecular formula is C21H17ClFNO4. The van der Waals surface area contributed by atoms with Gasteiger partial charge in [0.2, 0.25) is 0 Å². The van der Waals surface area contributed by atoms with E-state index >= 15 is 0 Å². The Morgan fingerprint density at radius 3 is 2.39 bits per heavy atom. The maximum Gasteiger partial charge on any atom is 0.342 e. The number of carbonyl (C=O) groups excluding carboxylic acids is 2. The van der Waals surface area contributed by atoms with Crippen molar-refractivity contribution in [3.05, 3.63) is 71.0 Å². The molecule has 0 unspecified atom stereocenters. The van der Waals surface area contributed by atoms with E-state index in [-0.39, 0.29) is 16.3 Å². The number of esters is 1. The molecule has 0 spiro atoms. The number of methoxy groups -OCH3 is 1. The number of carbonyl (C=O) groups is 2. The minimum atomic E-state index is -1.11. The zero-order chi connectivity index (χ0) is 20.3. The van der Waals surface area contributed by atoms with Crippen LogP contribution in [-0.2, 0) is 9.53 Å². The molecule has 0 aliphatic carbocycles. The summed E-state index contributed by atoms with van der Waals surface area (Å²) in [6.45, 7) is 1.43. The summed E-state index contributed by atoms with van der Waals surface area (Å²) in [5.74, 6) is -1.47. The summed E-state index contributed by atoms with van der Waals surface area (Å²) in [7, 11) is 1.45. The minimum Gasteiger partial charge on any atom is -0.496 e. The number of rotatable bonds is 5. The summed E-state index contributed by atoms with van der Waals surface area (Å²) in [6, 6.07) is 14.4. The maximum atomic E-state index is 13.1. The molecule has 7 heteroatoms. The van der Waals surface area contributed by atoms with Gasteiger partial charge < -0.3 is 14.8 Å². The smallest absolute Gasteiger partial charge is 0.342 e. The standard InChI is InChI=1S/C21H17ClFNO4/c1-12(20(25)24-18-8-7-15(23)11-17(18)22)28-21(26)16-9-13-5-3-4-6-14(13)10-19(16)27-2/h3-12H,1-2H3,(H,24,25)/t12-/m1/s1. The molecule has 28 heavy (non-hydrogen) atoms. The molecule has 1 N–H and O–H groups in total. The van der Waals surface area contributed by atoms with Gasteiger partial charge in [-0.1, -0.05) is 35.9 Å². The minimum absolute atomic E-state index is 0.0445. The van der Waals surface area contributed by atoms with Crippen molar-refractivity contribution in [2.45, 2.75) is 13.0 Å². The average molecular weight is 402 g/mol. The fourth-order valence-corrected chi connectivity index (χ4v) is 2.87. The molecule has 0 heterocycles. The van der Waals surface area contributed by atoms with E-state index in [1.807, 2.05) is 24.3 Å². The maximum absolute atomic E-state index is 13.1. The molecule has 0 radical (unpaired) electrons. The number of anilines is 1. The number of hydrogen-bond acceptors (Lipinski definition) is 4. The first kappa shape index (κ1) is 19.6. The van der Waals surface area contributed by atoms with Crippen LogP contribution in [0.15, 0.2) is 54.6 Å². The number of fused-ring (bicyclic) bond motifs is 1. The lowest BCUT2D eigenvalue weighted by atomic mass is 10.1. The van der Waals surface area contributed by atoms with Gasteiger partial charge in [-0.15, -0.1) is 0 Å². The van der Waals surface area contributed by atoms with E-state index < -0.39 is 23.8 Å². The SMILES string of the molecule is COc1cc2ccccc2cc1C(=O)O[C@H](C)C(=O)Nc1ccc(F)cc1Cl. The molecule has 3 rings (SSSR count). The van der Waals surface area contributed by atoms with Crippen LogP contribution in [0.25, 0.3) is 10.8 Å². The van der Waals surface area contributed by atoms with Gasteiger partial charge in [0.15, 0.2) is 6.10 Å². The van der Waals surface area contributed by atoms with Gasteiger partial charge in [-0.05, 0) is 48.0 Å². The van der Waals surface area contributed by atoms with Crippen molar-refractivity contribution in [2.75, 3.05) is 12.4 Å². The molecule has 1 atom stereocenters. The number of halogens is 2. The van der Waals surface area contributed by atoms with Gasteiger partial charge in [0, 0.05) is 0 Å². The van der Waals surface area contributed by atoms with Crippen LogP contribution in [0.3, 0.4) is 0 Å². The molecule has 0 saturated carbocycles. The first-order chi connectivity index (χ1) is 13.4. The molecule has 0 fully saturated rings. The van der Waals surface area contributed by atoms with Gasteiger partial charge in [0.1, 0.15) is 17.1 Å². The Kier molecular flexibility index (Phi) is 5.80. The van der Waals surface area contributed by atoms with E-state index in [1.165, 1.54) is 20.1 Å². The third-order valence-electron chi connectivity index (χ3n) is 4.13. The Labute approximate surface area is 166 Å². The third-order valence-corrected chi connectivity index (χ3v) is 4.44. The molecule has 0 aliphatic rings. The molecule has 5 nitrogen and oxygen atoms in total. The Hall–Kier alpha value is -3.12. The van der Waals surface area contributed by atoms with E-state index in [9.17, 15) is 14.0 Å². The van der Waals surface area contributed by atoms with Crippen LogP contribution in [0.1, 0.15) is 17.3 Å². The summed E-state index contributed by atoms with van der Waals surface area (Å²) < 4.78 is 23.7. The molecule has 144 valence electrons. The van der Waals surface area contributed by atoms with Crippen LogP contribution in [0.5, 0.6) is 5.75 Å². The van der Waals surface area contributed by atoms with Crippen LogP contribution in [0.2, 0.25) is 5.02 Å². The van der Waals surface area contributed by atoms with Gasteiger partial charge in [0.05, 0.1) is 17.8 Å². The summed E-state index contributed by atoms with van der Waals surface area (Å²) in [4.78, 5) is 24.9. The van der Waals surface area contributed by atoms with Gasteiger partial charge in [0.25, 0.3) is 5.91 Å². The van der Waals surface area contributed by atoms with E-state index in [1.54, 1.807) is 12.1 Å². The number of ether oxygens (including phenoxy) is 2. The highest BCUT2D eigenvalue weighted by atomic mass is 35.5. The molecular weight excluding hydrogens is 385 g/mol. The van der Waals surface area contributed by atoms with Gasteiger partial charge in [-0.3, -0.25) is 4.79 Å². The van der Waals surface area contributed by atoms with Crippen molar-refractivity contribution in [3.8, 4) is 5.75 Å². The van der Waals surface area contributed by atoms with Crippen molar-refractivity contribution in [2.24, 2.45) is 0 Å². The first-order valence-electron chi connectivity index (χ1n) is 8.42. The number of amides is 1. The van der Waals surface area contributed by atoms with E-state index in [4.69, 9.17) is 21.1 Å². The van der Waals surface area contributed by atoms with Crippen molar-refractivity contribution in [1.82, 2.24) is 0 Å². The Morgan fingerprint density at radius 1 is 1.07 bits per heavy atom. The van der Waals surface area contributed by atoms with E-state index in [0.29, 0.717) is 5.75 Å². The van der Waals surface area contributed by atoms with Crippen LogP contribution < -0.4 is 10.1 Å². The number of benzene rings is 3. The zero-order valence-corrected chi connectivity index (χ0v) is 15.9. The average Bonchev–Trinajstić information content (AvgIpc) is 2.68. The molecule has 0 saturated heterocycles. The van der Waals surface area contributed by atoms with Crippen LogP contribution in [-0.4, -0.2) is 25.1 Å². The zero-order valence-electron chi connectivity index (χ0n) is 15.2. The van der Waals surface area contributed by atoms with Crippen molar-refractivity contribution >= 4 is 39.9 Å². The van der Waals surface area contributed by atoms with E-state index in [2.05, 4.69) is 5.32 Å². The second-order valence-electron chi connectivity index (χ2n) is 6.06. The first-order valence-corrected chi connectivity index (χ1v) is 8.80. The topological polar surface area (TPSA) is 64.6 Å². The predicted molar refractivity (Wildman–Crippen MR) is 105 cm³/mol. The molecule has 3 aromatic rings. The molecule has 3 aromatic carbocycles. The fraction of sp³-hybridized carbons (Fsp3) is 0.143. The summed E-state index contributed by atoms with van der Waals surface area (Å²) >= 11 is 5.90. The molecule has 0 aromatic heterocycles. The van der Waals surface area contributed by atoms with Crippen molar-refractivity contribution in [1.29, 1.82) is 0 Å². The highest BCUT2D eigenvalue weighted by Crippen LogP contribution is 2.27. The van der Waals surface area contributed by atoms with Crippen LogP contribution >= 0.6 is 11.6 Å². The number of nitrogens with one attached hydrogen (secondary N) is 1. The predicted octanol–water partition coefficient (Wildman–Crippen LogP) is 4.82. The highest BCUT2D eigenvalue weighted by Gasteiger charge is 2.22. The Morgan fingerprint density at radius 2 is 1.75 bits per heavy atom. The Balaban J connectivity index is 1.76. The summed E-state index contributed by atoms with van der Waals surface area (Å²) in [6.07, 6.45) is -1.11. The summed E-state index contributed by atoms with van der Waals surface area (Å²) in [5, 5.41) is 4.30. The summed E-state index contributed by atoms with van der Waals surface area (Å²) in [5.41, 5.74) is 0.430. The Bertz CT molecular complexity index is 1050. The largest absolute Gasteiger partial charge is 0.496 e. The van der Waals surface area contributed by atoms with Gasteiger partial charge in [-0.25, -0.2) is 9.18 Å². The second kappa shape index (κ2) is 8.27. The highest BCUT2D eigenvalue weighted by molar-refractivity contribution is 6.33. The quantitative estimate of drug-likeness (QED) is 0.622. The number of hydrogen-bond donors (Lipinski definition) is 1. The van der Waals surface area contributed by atoms with Gasteiger partial charge in [-0.2, -0.15) is 0 Å². The van der Waals surface area contributed by atoms with E-state index in [0.717, 1.165) is 22.9 Å². The molecule has 0 bridgehead atoms. The van der Waals surface area contributed by atoms with Crippen molar-refractivity contribution in [3.63, 3.8) is 0 Å². The lowest BCUT2D eigenvalue weighted by Crippen LogP contribution is -2.30. The third kappa shape index (κ3) is 4.23. The van der Waals surface area contributed by atoms with Crippen LogP contribution in [0, 0.1) is 5.82 Å². The lowest BCUT2D eigenvalue weighted by molar-refractivity contribution is -0.123. The molecule has 0 aliphatic heterocycles. The molecule has 1 amide bonds. The van der Waals surface area contributed by atoms with Crippen LogP contribution in [0.4, 0.5) is 10.1 Å². The normalized spacial score (nSPS) is 11.7. The fourth-order valence-electron chi connectivity index (χ4n) is 2.65.